The summed E-state index contributed by atoms with van der Waals surface area (Å²) in [5, 5.41) is 8.45. The smallest absolute Gasteiger partial charge is 0.130 e. The van der Waals surface area contributed by atoms with Crippen molar-refractivity contribution in [1.82, 2.24) is 0 Å². The van der Waals surface area contributed by atoms with Crippen molar-refractivity contribution in [3.8, 4) is 6.07 Å². The van der Waals surface area contributed by atoms with Gasteiger partial charge < -0.3 is 5.73 Å². The van der Waals surface area contributed by atoms with Crippen LogP contribution in [0.25, 0.3) is 6.08 Å². The third-order valence-corrected chi connectivity index (χ3v) is 1.98. The maximum Gasteiger partial charge on any atom is 0.130 e. The largest absolute Gasteiger partial charge is 0.330 e. The monoisotopic (exact) mass is 204 g/mol. The van der Waals surface area contributed by atoms with Crippen LogP contribution in [0.2, 0.25) is 0 Å². The minimum atomic E-state index is -0.295. The summed E-state index contributed by atoms with van der Waals surface area (Å²) in [6.07, 6.45) is 4.52. The highest BCUT2D eigenvalue weighted by atomic mass is 19.1. The molecule has 15 heavy (non-hydrogen) atoms. The number of nitrogens with zero attached hydrogens (tertiary/aromatic N) is 1. The molecule has 0 spiro atoms. The molecule has 78 valence electrons. The molecular formula is C12H13FN2. The average Bonchev–Trinajstić information content (AvgIpc) is 2.22. The standard InChI is InChI=1S/C12H13FN2/c13-12-9-10(6-8-15)4-5-11(12)3-1-2-7-14/h1,3-5,9H,2,6-7,14H2. The maximum absolute atomic E-state index is 13.4. The van der Waals surface area contributed by atoms with Gasteiger partial charge in [-0.15, -0.1) is 0 Å². The Hall–Kier alpha value is -1.66. The van der Waals surface area contributed by atoms with E-state index < -0.39 is 0 Å². The molecule has 0 radical (unpaired) electrons. The molecule has 0 aliphatic heterocycles. The van der Waals surface area contributed by atoms with Crippen LogP contribution in [0.5, 0.6) is 0 Å². The van der Waals surface area contributed by atoms with Gasteiger partial charge in [-0.3, -0.25) is 0 Å². The van der Waals surface area contributed by atoms with Crippen molar-refractivity contribution in [3.63, 3.8) is 0 Å². The Morgan fingerprint density at radius 1 is 1.47 bits per heavy atom. The van der Waals surface area contributed by atoms with Gasteiger partial charge in [0.05, 0.1) is 12.5 Å². The molecule has 0 unspecified atom stereocenters. The van der Waals surface area contributed by atoms with E-state index >= 15 is 0 Å². The highest BCUT2D eigenvalue weighted by Gasteiger charge is 1.99. The third-order valence-electron chi connectivity index (χ3n) is 1.98. The van der Waals surface area contributed by atoms with Crippen LogP contribution in [0.15, 0.2) is 24.3 Å². The van der Waals surface area contributed by atoms with Crippen LogP contribution in [-0.2, 0) is 6.42 Å². The Balaban J connectivity index is 2.79. The zero-order chi connectivity index (χ0) is 11.1. The Morgan fingerprint density at radius 3 is 2.87 bits per heavy atom. The Kier molecular flexibility index (Phi) is 4.52. The molecular weight excluding hydrogens is 191 g/mol. The SMILES string of the molecule is N#CCc1ccc(C=CCCN)c(F)c1. The van der Waals surface area contributed by atoms with Gasteiger partial charge in [-0.25, -0.2) is 4.39 Å². The van der Waals surface area contributed by atoms with Gasteiger partial charge in [0, 0.05) is 5.56 Å². The van der Waals surface area contributed by atoms with Crippen LogP contribution in [0.1, 0.15) is 17.5 Å². The lowest BCUT2D eigenvalue weighted by Crippen LogP contribution is -1.95. The van der Waals surface area contributed by atoms with Crippen molar-refractivity contribution in [3.05, 3.63) is 41.2 Å². The number of nitrogens with two attached hydrogens (primary N) is 1. The molecule has 0 aliphatic rings. The predicted octanol–water partition coefficient (Wildman–Crippen LogP) is 2.25. The summed E-state index contributed by atoms with van der Waals surface area (Å²) in [4.78, 5) is 0. The minimum absolute atomic E-state index is 0.240. The number of halogens is 1. The normalized spacial score (nSPS) is 10.5. The molecule has 2 nitrogen and oxygen atoms in total. The molecule has 0 atom stereocenters. The number of benzene rings is 1. The summed E-state index contributed by atoms with van der Waals surface area (Å²) in [7, 11) is 0. The van der Waals surface area contributed by atoms with Crippen molar-refractivity contribution in [2.75, 3.05) is 6.54 Å². The van der Waals surface area contributed by atoms with E-state index in [1.165, 1.54) is 6.07 Å². The Labute approximate surface area is 88.8 Å². The molecule has 1 rings (SSSR count). The van der Waals surface area contributed by atoms with E-state index in [1.54, 1.807) is 18.2 Å². The summed E-state index contributed by atoms with van der Waals surface area (Å²) in [6, 6.07) is 6.81. The van der Waals surface area contributed by atoms with E-state index in [9.17, 15) is 4.39 Å². The fourth-order valence-electron chi connectivity index (χ4n) is 1.21. The highest BCUT2D eigenvalue weighted by molar-refractivity contribution is 5.50. The molecule has 0 amide bonds. The molecule has 1 aromatic carbocycles. The van der Waals surface area contributed by atoms with Gasteiger partial charge in [0.1, 0.15) is 5.82 Å². The second-order valence-corrected chi connectivity index (χ2v) is 3.17. The topological polar surface area (TPSA) is 49.8 Å². The lowest BCUT2D eigenvalue weighted by Gasteiger charge is -1.99. The molecule has 0 aromatic heterocycles. The van der Waals surface area contributed by atoms with Crippen LogP contribution < -0.4 is 5.73 Å². The quantitative estimate of drug-likeness (QED) is 0.817. The average molecular weight is 204 g/mol. The minimum Gasteiger partial charge on any atom is -0.330 e. The molecule has 0 saturated heterocycles. The van der Waals surface area contributed by atoms with Gasteiger partial charge in [0.25, 0.3) is 0 Å². The van der Waals surface area contributed by atoms with Crippen LogP contribution in [0.4, 0.5) is 4.39 Å². The zero-order valence-electron chi connectivity index (χ0n) is 8.41. The van der Waals surface area contributed by atoms with E-state index in [1.807, 2.05) is 12.1 Å². The van der Waals surface area contributed by atoms with Gasteiger partial charge >= 0.3 is 0 Å². The van der Waals surface area contributed by atoms with Crippen LogP contribution >= 0.6 is 0 Å². The van der Waals surface area contributed by atoms with Crippen molar-refractivity contribution >= 4 is 6.08 Å². The van der Waals surface area contributed by atoms with Gasteiger partial charge in [-0.05, 0) is 24.6 Å². The van der Waals surface area contributed by atoms with E-state index in [0.29, 0.717) is 17.7 Å². The molecule has 0 aliphatic carbocycles. The molecule has 0 fully saturated rings. The molecule has 0 heterocycles. The van der Waals surface area contributed by atoms with Crippen molar-refractivity contribution in [2.24, 2.45) is 5.73 Å². The molecule has 1 aromatic rings. The lowest BCUT2D eigenvalue weighted by atomic mass is 10.1. The zero-order valence-corrected chi connectivity index (χ0v) is 8.41. The van der Waals surface area contributed by atoms with Gasteiger partial charge in [0.2, 0.25) is 0 Å². The van der Waals surface area contributed by atoms with E-state index in [4.69, 9.17) is 11.0 Å². The summed E-state index contributed by atoms with van der Waals surface area (Å²) in [5.74, 6) is -0.295. The van der Waals surface area contributed by atoms with E-state index in [2.05, 4.69) is 0 Å². The first-order chi connectivity index (χ1) is 7.27. The predicted molar refractivity (Wildman–Crippen MR) is 58.4 cm³/mol. The summed E-state index contributed by atoms with van der Waals surface area (Å²) in [5.41, 5.74) is 6.55. The molecule has 0 saturated carbocycles. The second-order valence-electron chi connectivity index (χ2n) is 3.17. The van der Waals surface area contributed by atoms with Crippen LogP contribution in [0.3, 0.4) is 0 Å². The van der Waals surface area contributed by atoms with Gasteiger partial charge in [0.15, 0.2) is 0 Å². The van der Waals surface area contributed by atoms with Crippen molar-refractivity contribution < 1.29 is 4.39 Å². The first kappa shape index (κ1) is 11.4. The van der Waals surface area contributed by atoms with Crippen molar-refractivity contribution in [1.29, 1.82) is 5.26 Å². The summed E-state index contributed by atoms with van der Waals surface area (Å²) in [6.45, 7) is 0.560. The number of rotatable bonds is 4. The number of nitriles is 1. The second kappa shape index (κ2) is 5.94. The Morgan fingerprint density at radius 2 is 2.27 bits per heavy atom. The first-order valence-electron chi connectivity index (χ1n) is 4.80. The van der Waals surface area contributed by atoms with E-state index in [-0.39, 0.29) is 12.2 Å². The van der Waals surface area contributed by atoms with Crippen molar-refractivity contribution in [2.45, 2.75) is 12.8 Å². The number of hydrogen-bond acceptors (Lipinski definition) is 2. The molecule has 2 N–H and O–H groups in total. The molecule has 3 heteroatoms. The lowest BCUT2D eigenvalue weighted by molar-refractivity contribution is 0.623. The molecule has 0 bridgehead atoms. The fourth-order valence-corrected chi connectivity index (χ4v) is 1.21. The fraction of sp³-hybridized carbons (Fsp3) is 0.250. The van der Waals surface area contributed by atoms with Crippen LogP contribution in [-0.4, -0.2) is 6.54 Å². The van der Waals surface area contributed by atoms with Gasteiger partial charge in [-0.1, -0.05) is 24.3 Å². The summed E-state index contributed by atoms with van der Waals surface area (Å²) < 4.78 is 13.4. The first-order valence-corrected chi connectivity index (χ1v) is 4.80. The third kappa shape index (κ3) is 3.53. The van der Waals surface area contributed by atoms with Gasteiger partial charge in [-0.2, -0.15) is 5.26 Å². The van der Waals surface area contributed by atoms with E-state index in [0.717, 1.165) is 6.42 Å². The summed E-state index contributed by atoms with van der Waals surface area (Å²) >= 11 is 0. The highest BCUT2D eigenvalue weighted by Crippen LogP contribution is 2.12. The number of hydrogen-bond donors (Lipinski definition) is 1. The van der Waals surface area contributed by atoms with Crippen LogP contribution in [0, 0.1) is 17.1 Å². The Bertz CT molecular complexity index is 391. The maximum atomic E-state index is 13.4.